The summed E-state index contributed by atoms with van der Waals surface area (Å²) < 4.78 is 12.8. The molecule has 0 aliphatic carbocycles. The Morgan fingerprint density at radius 3 is 2.34 bits per heavy atom. The number of nitrogens with zero attached hydrogens (tertiary/aromatic N) is 3. The van der Waals surface area contributed by atoms with Crippen LogP contribution in [-0.4, -0.2) is 39.6 Å². The Morgan fingerprint density at radius 2 is 1.69 bits per heavy atom. The number of carbonyl (C=O) groups is 1. The summed E-state index contributed by atoms with van der Waals surface area (Å²) in [6.07, 6.45) is 0. The molecule has 1 atom stereocenters. The molecule has 35 heavy (non-hydrogen) atoms. The Balaban J connectivity index is 1.66. The fourth-order valence-electron chi connectivity index (χ4n) is 3.52. The number of benzene rings is 3. The molecule has 0 radical (unpaired) electrons. The zero-order valence-corrected chi connectivity index (χ0v) is 21.0. The molecule has 0 fully saturated rings. The summed E-state index contributed by atoms with van der Waals surface area (Å²) in [7, 11) is 1.63. The fraction of sp³-hybridized carbons (Fsp3) is 0.222. The van der Waals surface area contributed by atoms with Crippen molar-refractivity contribution < 1.29 is 14.3 Å². The monoisotopic (exact) mass is 488 g/mol. The minimum atomic E-state index is -0.399. The highest BCUT2D eigenvalue weighted by molar-refractivity contribution is 8.00. The number of aromatic nitrogens is 3. The predicted octanol–water partition coefficient (Wildman–Crippen LogP) is 5.77. The van der Waals surface area contributed by atoms with Crippen LogP contribution in [0.25, 0.3) is 17.1 Å². The predicted molar refractivity (Wildman–Crippen MR) is 140 cm³/mol. The third kappa shape index (κ3) is 5.66. The zero-order valence-electron chi connectivity index (χ0n) is 20.2. The van der Waals surface area contributed by atoms with E-state index in [1.807, 2.05) is 98.1 Å². The number of amides is 1. The standard InChI is InChI=1S/C27H28N4O3S/c1-5-34-23-16-12-21(13-17-23)31-25(20-10-14-22(33-4)15-11-20)29-30-27(31)35-19(3)26(32)28-24-9-7-6-8-18(24)2/h6-17,19H,5H2,1-4H3,(H,28,32). The second-order valence-corrected chi connectivity index (χ2v) is 9.17. The van der Waals surface area contributed by atoms with E-state index in [4.69, 9.17) is 9.47 Å². The summed E-state index contributed by atoms with van der Waals surface area (Å²) in [5.41, 5.74) is 3.57. The largest absolute Gasteiger partial charge is 0.497 e. The first-order valence-corrected chi connectivity index (χ1v) is 12.2. The molecule has 180 valence electrons. The Labute approximate surface area is 209 Å². The topological polar surface area (TPSA) is 78.3 Å². The lowest BCUT2D eigenvalue weighted by Crippen LogP contribution is -2.23. The van der Waals surface area contributed by atoms with E-state index in [1.54, 1.807) is 7.11 Å². The van der Waals surface area contributed by atoms with Crippen LogP contribution < -0.4 is 14.8 Å². The number of carbonyl (C=O) groups excluding carboxylic acids is 1. The summed E-state index contributed by atoms with van der Waals surface area (Å²) in [6.45, 7) is 6.38. The maximum atomic E-state index is 13.0. The third-order valence-corrected chi connectivity index (χ3v) is 6.48. The smallest absolute Gasteiger partial charge is 0.237 e. The van der Waals surface area contributed by atoms with Gasteiger partial charge in [0.25, 0.3) is 0 Å². The van der Waals surface area contributed by atoms with Crippen LogP contribution in [0.3, 0.4) is 0 Å². The number of methoxy groups -OCH3 is 1. The molecular weight excluding hydrogens is 460 g/mol. The molecule has 1 unspecified atom stereocenters. The van der Waals surface area contributed by atoms with Crippen molar-refractivity contribution in [1.82, 2.24) is 14.8 Å². The van der Waals surface area contributed by atoms with E-state index >= 15 is 0 Å². The van der Waals surface area contributed by atoms with Gasteiger partial charge in [-0.05, 0) is 80.9 Å². The molecule has 1 N–H and O–H groups in total. The van der Waals surface area contributed by atoms with E-state index in [9.17, 15) is 4.79 Å². The van der Waals surface area contributed by atoms with Gasteiger partial charge in [0.2, 0.25) is 5.91 Å². The fourth-order valence-corrected chi connectivity index (χ4v) is 4.39. The Bertz CT molecular complexity index is 1290. The highest BCUT2D eigenvalue weighted by atomic mass is 32.2. The average Bonchev–Trinajstić information content (AvgIpc) is 3.29. The molecule has 0 saturated carbocycles. The lowest BCUT2D eigenvalue weighted by molar-refractivity contribution is -0.115. The lowest BCUT2D eigenvalue weighted by atomic mass is 10.2. The van der Waals surface area contributed by atoms with Crippen molar-refractivity contribution in [3.63, 3.8) is 0 Å². The number of ether oxygens (including phenoxy) is 2. The number of para-hydroxylation sites is 1. The first-order chi connectivity index (χ1) is 17.0. The zero-order chi connectivity index (χ0) is 24.8. The number of hydrogen-bond acceptors (Lipinski definition) is 6. The minimum absolute atomic E-state index is 0.100. The third-order valence-electron chi connectivity index (χ3n) is 5.44. The van der Waals surface area contributed by atoms with E-state index in [-0.39, 0.29) is 5.91 Å². The molecule has 3 aromatic carbocycles. The molecule has 8 heteroatoms. The molecule has 1 heterocycles. The van der Waals surface area contributed by atoms with Gasteiger partial charge in [-0.1, -0.05) is 30.0 Å². The van der Waals surface area contributed by atoms with Crippen molar-refractivity contribution in [3.8, 4) is 28.6 Å². The van der Waals surface area contributed by atoms with E-state index in [1.165, 1.54) is 11.8 Å². The van der Waals surface area contributed by atoms with Crippen LogP contribution in [0.2, 0.25) is 0 Å². The van der Waals surface area contributed by atoms with Crippen LogP contribution >= 0.6 is 11.8 Å². The van der Waals surface area contributed by atoms with Crippen molar-refractivity contribution in [2.75, 3.05) is 19.0 Å². The van der Waals surface area contributed by atoms with Crippen molar-refractivity contribution >= 4 is 23.4 Å². The summed E-state index contributed by atoms with van der Waals surface area (Å²) in [5, 5.41) is 12.2. The highest BCUT2D eigenvalue weighted by Crippen LogP contribution is 2.32. The number of nitrogens with one attached hydrogen (secondary N) is 1. The molecule has 1 amide bonds. The minimum Gasteiger partial charge on any atom is -0.497 e. The molecule has 4 aromatic rings. The molecule has 0 saturated heterocycles. The van der Waals surface area contributed by atoms with Crippen LogP contribution in [0.5, 0.6) is 11.5 Å². The quantitative estimate of drug-likeness (QED) is 0.301. The molecule has 0 bridgehead atoms. The van der Waals surface area contributed by atoms with Crippen LogP contribution in [0.15, 0.2) is 78.0 Å². The van der Waals surface area contributed by atoms with Gasteiger partial charge >= 0.3 is 0 Å². The van der Waals surface area contributed by atoms with E-state index in [0.717, 1.165) is 34.0 Å². The maximum absolute atomic E-state index is 13.0. The normalized spacial score (nSPS) is 11.7. The van der Waals surface area contributed by atoms with Crippen LogP contribution in [0.1, 0.15) is 19.4 Å². The van der Waals surface area contributed by atoms with Gasteiger partial charge in [0.05, 0.1) is 19.0 Å². The van der Waals surface area contributed by atoms with Crippen molar-refractivity contribution in [2.24, 2.45) is 0 Å². The second-order valence-electron chi connectivity index (χ2n) is 7.86. The SMILES string of the molecule is CCOc1ccc(-n2c(SC(C)C(=O)Nc3ccccc3C)nnc2-c2ccc(OC)cc2)cc1. The first kappa shape index (κ1) is 24.3. The lowest BCUT2D eigenvalue weighted by Gasteiger charge is -2.15. The number of thioether (sulfide) groups is 1. The van der Waals surface area contributed by atoms with E-state index < -0.39 is 5.25 Å². The van der Waals surface area contributed by atoms with E-state index in [0.29, 0.717) is 17.6 Å². The van der Waals surface area contributed by atoms with Gasteiger partial charge < -0.3 is 14.8 Å². The molecule has 1 aromatic heterocycles. The van der Waals surface area contributed by atoms with Gasteiger partial charge in [0, 0.05) is 16.9 Å². The van der Waals surface area contributed by atoms with Gasteiger partial charge in [-0.25, -0.2) is 0 Å². The van der Waals surface area contributed by atoms with Crippen molar-refractivity contribution in [3.05, 3.63) is 78.4 Å². The van der Waals surface area contributed by atoms with Gasteiger partial charge in [-0.3, -0.25) is 9.36 Å². The molecule has 0 aliphatic rings. The Morgan fingerprint density at radius 1 is 1.00 bits per heavy atom. The summed E-state index contributed by atoms with van der Waals surface area (Å²) in [5.74, 6) is 2.12. The van der Waals surface area contributed by atoms with Gasteiger partial charge in [0.15, 0.2) is 11.0 Å². The molecule has 4 rings (SSSR count). The van der Waals surface area contributed by atoms with Gasteiger partial charge in [0.1, 0.15) is 11.5 Å². The number of hydrogen-bond donors (Lipinski definition) is 1. The Hall–Kier alpha value is -3.78. The number of rotatable bonds is 9. The van der Waals surface area contributed by atoms with Crippen molar-refractivity contribution in [1.29, 1.82) is 0 Å². The molecule has 0 aliphatic heterocycles. The first-order valence-electron chi connectivity index (χ1n) is 11.4. The van der Waals surface area contributed by atoms with Crippen LogP contribution in [0, 0.1) is 6.92 Å². The van der Waals surface area contributed by atoms with Crippen LogP contribution in [-0.2, 0) is 4.79 Å². The molecule has 7 nitrogen and oxygen atoms in total. The summed E-state index contributed by atoms with van der Waals surface area (Å²) in [6, 6.07) is 23.1. The van der Waals surface area contributed by atoms with Crippen molar-refractivity contribution in [2.45, 2.75) is 31.2 Å². The molecular formula is C27H28N4O3S. The highest BCUT2D eigenvalue weighted by Gasteiger charge is 2.22. The summed E-state index contributed by atoms with van der Waals surface area (Å²) >= 11 is 1.36. The summed E-state index contributed by atoms with van der Waals surface area (Å²) in [4.78, 5) is 13.0. The van der Waals surface area contributed by atoms with E-state index in [2.05, 4.69) is 15.5 Å². The van der Waals surface area contributed by atoms with Gasteiger partial charge in [-0.15, -0.1) is 10.2 Å². The Kier molecular flexibility index (Phi) is 7.72. The van der Waals surface area contributed by atoms with Crippen LogP contribution in [0.4, 0.5) is 5.69 Å². The van der Waals surface area contributed by atoms with Gasteiger partial charge in [-0.2, -0.15) is 0 Å². The number of anilines is 1. The second kappa shape index (κ2) is 11.1. The number of aryl methyl sites for hydroxylation is 1. The average molecular weight is 489 g/mol. The maximum Gasteiger partial charge on any atom is 0.237 e. The molecule has 0 spiro atoms.